The molecule has 0 unspecified atom stereocenters. The second-order valence-corrected chi connectivity index (χ2v) is 4.31. The van der Waals surface area contributed by atoms with Crippen LogP contribution in [0.2, 0.25) is 10.0 Å². The Morgan fingerprint density at radius 1 is 1.36 bits per heavy atom. The van der Waals surface area contributed by atoms with Gasteiger partial charge in [0.2, 0.25) is 0 Å². The van der Waals surface area contributed by atoms with E-state index in [0.29, 0.717) is 28.2 Å². The molecular formula is C10H9BrCl2O. The predicted molar refractivity (Wildman–Crippen MR) is 63.6 cm³/mol. The largest absolute Gasteiger partial charge is 0.299 e. The summed E-state index contributed by atoms with van der Waals surface area (Å²) in [5.41, 5.74) is 0.963. The molecule has 0 atom stereocenters. The first-order chi connectivity index (χ1) is 6.63. The summed E-state index contributed by atoms with van der Waals surface area (Å²) in [4.78, 5) is 11.0. The third-order valence-electron chi connectivity index (χ3n) is 1.84. The average Bonchev–Trinajstić information content (AvgIpc) is 2.16. The van der Waals surface area contributed by atoms with Crippen molar-refractivity contribution in [2.24, 2.45) is 0 Å². The molecule has 1 aromatic carbocycles. The fourth-order valence-corrected chi connectivity index (χ4v) is 1.85. The Labute approximate surface area is 102 Å². The summed E-state index contributed by atoms with van der Waals surface area (Å²) in [7, 11) is 0. The number of Topliss-reactive ketones (excluding diaryl/α,β-unsaturated/α-hetero) is 1. The van der Waals surface area contributed by atoms with Crippen LogP contribution in [-0.4, -0.2) is 11.1 Å². The smallest absolute Gasteiger partial charge is 0.143 e. The molecule has 0 aromatic heterocycles. The van der Waals surface area contributed by atoms with Gasteiger partial charge >= 0.3 is 0 Å². The third-order valence-corrected chi connectivity index (χ3v) is 3.05. The highest BCUT2D eigenvalue weighted by Gasteiger charge is 2.04. The van der Waals surface area contributed by atoms with Crippen LogP contribution < -0.4 is 0 Å². The lowest BCUT2D eigenvalue weighted by atomic mass is 10.1. The molecule has 0 saturated carbocycles. The van der Waals surface area contributed by atoms with Gasteiger partial charge in [-0.15, -0.1) is 0 Å². The quantitative estimate of drug-likeness (QED) is 0.770. The van der Waals surface area contributed by atoms with Crippen LogP contribution in [0.4, 0.5) is 0 Å². The van der Waals surface area contributed by atoms with E-state index in [0.717, 1.165) is 5.56 Å². The van der Waals surface area contributed by atoms with Crippen LogP contribution in [0.5, 0.6) is 0 Å². The highest BCUT2D eigenvalue weighted by Crippen LogP contribution is 2.22. The molecule has 0 amide bonds. The first kappa shape index (κ1) is 12.0. The van der Waals surface area contributed by atoms with E-state index in [1.54, 1.807) is 12.1 Å². The van der Waals surface area contributed by atoms with Crippen molar-refractivity contribution in [3.8, 4) is 0 Å². The van der Waals surface area contributed by atoms with Gasteiger partial charge in [-0.2, -0.15) is 0 Å². The van der Waals surface area contributed by atoms with E-state index in [-0.39, 0.29) is 5.78 Å². The number of benzene rings is 1. The van der Waals surface area contributed by atoms with Crippen LogP contribution in [0.25, 0.3) is 0 Å². The Hall–Kier alpha value is -0.0500. The van der Waals surface area contributed by atoms with Gasteiger partial charge in [-0.3, -0.25) is 4.79 Å². The first-order valence-electron chi connectivity index (χ1n) is 4.15. The van der Waals surface area contributed by atoms with Crippen LogP contribution in [0.3, 0.4) is 0 Å². The van der Waals surface area contributed by atoms with Crippen LogP contribution in [-0.2, 0) is 11.2 Å². The van der Waals surface area contributed by atoms with Gasteiger partial charge in [0.25, 0.3) is 0 Å². The molecule has 0 heterocycles. The average molecular weight is 296 g/mol. The Morgan fingerprint density at radius 2 is 2.07 bits per heavy atom. The number of ketones is 1. The van der Waals surface area contributed by atoms with E-state index < -0.39 is 0 Å². The highest BCUT2D eigenvalue weighted by molar-refractivity contribution is 9.09. The Kier molecular flexibility index (Phi) is 4.93. The summed E-state index contributed by atoms with van der Waals surface area (Å²) >= 11 is 14.8. The van der Waals surface area contributed by atoms with Gasteiger partial charge in [0.05, 0.1) is 5.33 Å². The van der Waals surface area contributed by atoms with Gasteiger partial charge in [0, 0.05) is 16.5 Å². The van der Waals surface area contributed by atoms with Crippen molar-refractivity contribution in [2.45, 2.75) is 12.8 Å². The van der Waals surface area contributed by atoms with Crippen LogP contribution in [0, 0.1) is 0 Å². The van der Waals surface area contributed by atoms with Crippen LogP contribution in [0.15, 0.2) is 18.2 Å². The van der Waals surface area contributed by atoms with Crippen molar-refractivity contribution in [1.82, 2.24) is 0 Å². The normalized spacial score (nSPS) is 10.2. The summed E-state index contributed by atoms with van der Waals surface area (Å²) in [5.74, 6) is 0.177. The highest BCUT2D eigenvalue weighted by atomic mass is 79.9. The molecule has 76 valence electrons. The van der Waals surface area contributed by atoms with Crippen LogP contribution in [0.1, 0.15) is 12.0 Å². The standard InChI is InChI=1S/C10H9BrCl2O/c11-6-9(14)4-2-7-1-3-8(12)5-10(7)13/h1,3,5H,2,4,6H2. The van der Waals surface area contributed by atoms with Gasteiger partial charge in [-0.05, 0) is 24.1 Å². The molecule has 0 aliphatic rings. The van der Waals surface area contributed by atoms with E-state index in [4.69, 9.17) is 23.2 Å². The Balaban J connectivity index is 2.63. The Morgan fingerprint density at radius 3 is 2.64 bits per heavy atom. The van der Waals surface area contributed by atoms with E-state index in [9.17, 15) is 4.79 Å². The molecule has 0 N–H and O–H groups in total. The summed E-state index contributed by atoms with van der Waals surface area (Å²) in [6.07, 6.45) is 1.17. The zero-order chi connectivity index (χ0) is 10.6. The zero-order valence-electron chi connectivity index (χ0n) is 7.40. The lowest BCUT2D eigenvalue weighted by molar-refractivity contribution is -0.116. The maximum atomic E-state index is 11.0. The molecule has 0 spiro atoms. The minimum absolute atomic E-state index is 0.177. The molecule has 1 nitrogen and oxygen atoms in total. The summed E-state index contributed by atoms with van der Waals surface area (Å²) in [6, 6.07) is 5.32. The summed E-state index contributed by atoms with van der Waals surface area (Å²) in [5, 5.41) is 1.64. The van der Waals surface area contributed by atoms with Gasteiger partial charge in [-0.1, -0.05) is 45.2 Å². The van der Waals surface area contributed by atoms with Crippen LogP contribution >= 0.6 is 39.1 Å². The second kappa shape index (κ2) is 5.74. The van der Waals surface area contributed by atoms with Crippen molar-refractivity contribution in [3.05, 3.63) is 33.8 Å². The second-order valence-electron chi connectivity index (χ2n) is 2.91. The number of hydrogen-bond donors (Lipinski definition) is 0. The Bertz CT molecular complexity index is 339. The minimum Gasteiger partial charge on any atom is -0.299 e. The molecule has 0 aliphatic heterocycles. The molecule has 0 saturated heterocycles. The number of hydrogen-bond acceptors (Lipinski definition) is 1. The third kappa shape index (κ3) is 3.60. The molecule has 1 aromatic rings. The van der Waals surface area contributed by atoms with Crippen molar-refractivity contribution in [3.63, 3.8) is 0 Å². The molecular weight excluding hydrogens is 287 g/mol. The van der Waals surface area contributed by atoms with Gasteiger partial charge in [-0.25, -0.2) is 0 Å². The number of halogens is 3. The maximum Gasteiger partial charge on any atom is 0.143 e. The van der Waals surface area contributed by atoms with Gasteiger partial charge in [0.15, 0.2) is 0 Å². The number of alkyl halides is 1. The molecule has 4 heteroatoms. The summed E-state index contributed by atoms with van der Waals surface area (Å²) < 4.78 is 0. The number of carbonyl (C=O) groups is 1. The lowest BCUT2D eigenvalue weighted by Gasteiger charge is -2.03. The fraction of sp³-hybridized carbons (Fsp3) is 0.300. The molecule has 1 rings (SSSR count). The molecule has 0 radical (unpaired) electrons. The van der Waals surface area contributed by atoms with E-state index in [1.165, 1.54) is 0 Å². The van der Waals surface area contributed by atoms with E-state index in [2.05, 4.69) is 15.9 Å². The number of carbonyl (C=O) groups excluding carboxylic acids is 1. The van der Waals surface area contributed by atoms with Crippen molar-refractivity contribution < 1.29 is 4.79 Å². The SMILES string of the molecule is O=C(CBr)CCc1ccc(Cl)cc1Cl. The van der Waals surface area contributed by atoms with Crippen molar-refractivity contribution in [2.75, 3.05) is 5.33 Å². The van der Waals surface area contributed by atoms with E-state index in [1.807, 2.05) is 6.07 Å². The summed E-state index contributed by atoms with van der Waals surface area (Å²) in [6.45, 7) is 0. The lowest BCUT2D eigenvalue weighted by Crippen LogP contribution is -2.01. The van der Waals surface area contributed by atoms with Crippen molar-refractivity contribution >= 4 is 44.9 Å². The zero-order valence-corrected chi connectivity index (χ0v) is 10.5. The molecule has 14 heavy (non-hydrogen) atoms. The topological polar surface area (TPSA) is 17.1 Å². The number of aryl methyl sites for hydroxylation is 1. The van der Waals surface area contributed by atoms with Gasteiger partial charge < -0.3 is 0 Å². The number of rotatable bonds is 4. The maximum absolute atomic E-state index is 11.0. The minimum atomic E-state index is 0.177. The van der Waals surface area contributed by atoms with E-state index >= 15 is 0 Å². The molecule has 0 fully saturated rings. The monoisotopic (exact) mass is 294 g/mol. The molecule has 0 aliphatic carbocycles. The molecule has 0 bridgehead atoms. The first-order valence-corrected chi connectivity index (χ1v) is 6.03. The fourth-order valence-electron chi connectivity index (χ4n) is 1.07. The van der Waals surface area contributed by atoms with Crippen molar-refractivity contribution in [1.29, 1.82) is 0 Å². The predicted octanol–water partition coefficient (Wildman–Crippen LogP) is 3.89. The van der Waals surface area contributed by atoms with Gasteiger partial charge in [0.1, 0.15) is 5.78 Å².